The average Bonchev–Trinajstić information content (AvgIpc) is 2.96. The minimum atomic E-state index is 0.136. The molecule has 0 atom stereocenters. The lowest BCUT2D eigenvalue weighted by Gasteiger charge is -2.23. The molecule has 0 aromatic carbocycles. The van der Waals surface area contributed by atoms with Gasteiger partial charge >= 0.3 is 0 Å². The van der Waals surface area contributed by atoms with Crippen molar-refractivity contribution >= 4 is 17.7 Å². The first-order valence-electron chi connectivity index (χ1n) is 5.77. The van der Waals surface area contributed by atoms with Crippen LogP contribution >= 0.6 is 11.8 Å². The van der Waals surface area contributed by atoms with E-state index in [1.54, 1.807) is 11.8 Å². The molecule has 1 aliphatic carbocycles. The monoisotopic (exact) mass is 239 g/mol. The molecule has 0 N–H and O–H groups in total. The zero-order valence-electron chi connectivity index (χ0n) is 10.5. The van der Waals surface area contributed by atoms with Gasteiger partial charge in [0.2, 0.25) is 5.91 Å². The molecule has 0 heterocycles. The van der Waals surface area contributed by atoms with Crippen LogP contribution in [0.1, 0.15) is 33.6 Å². The molecule has 0 unspecified atom stereocenters. The number of rotatable bonds is 5. The van der Waals surface area contributed by atoms with Crippen molar-refractivity contribution in [2.45, 2.75) is 38.4 Å². The Balaban J connectivity index is 2.37. The fourth-order valence-electron chi connectivity index (χ4n) is 1.35. The van der Waals surface area contributed by atoms with E-state index in [-0.39, 0.29) is 10.7 Å². The Kier molecular flexibility index (Phi) is 4.73. The lowest BCUT2D eigenvalue weighted by atomic mass is 10.3. The second-order valence-corrected chi connectivity index (χ2v) is 7.12. The molecule has 2 nitrogen and oxygen atoms in total. The summed E-state index contributed by atoms with van der Waals surface area (Å²) in [5, 5.41) is 0. The molecule has 0 bridgehead atoms. The van der Waals surface area contributed by atoms with Crippen LogP contribution in [0.25, 0.3) is 0 Å². The maximum Gasteiger partial charge on any atom is 0.233 e. The van der Waals surface area contributed by atoms with Gasteiger partial charge in [0, 0.05) is 11.3 Å². The summed E-state index contributed by atoms with van der Waals surface area (Å²) in [7, 11) is 0. The second kappa shape index (κ2) is 5.63. The van der Waals surface area contributed by atoms with Gasteiger partial charge in [0.1, 0.15) is 0 Å². The molecule has 0 saturated heterocycles. The van der Waals surface area contributed by atoms with Crippen molar-refractivity contribution in [1.82, 2.24) is 4.90 Å². The van der Waals surface area contributed by atoms with Crippen molar-refractivity contribution in [2.75, 3.05) is 18.8 Å². The Bertz CT molecular complexity index is 283. The van der Waals surface area contributed by atoms with Gasteiger partial charge in [-0.05, 0) is 18.8 Å². The normalized spacial score (nSPS) is 15.6. The van der Waals surface area contributed by atoms with Crippen LogP contribution in [0.2, 0.25) is 0 Å². The van der Waals surface area contributed by atoms with E-state index >= 15 is 0 Å². The van der Waals surface area contributed by atoms with Gasteiger partial charge in [-0.25, -0.2) is 0 Å². The SMILES string of the molecule is C#CCN(CC1CC1)C(=O)CSC(C)(C)C. The number of hydrogen-bond donors (Lipinski definition) is 0. The van der Waals surface area contributed by atoms with Gasteiger partial charge in [0.25, 0.3) is 0 Å². The van der Waals surface area contributed by atoms with Crippen molar-refractivity contribution < 1.29 is 4.79 Å². The third-order valence-corrected chi connectivity index (χ3v) is 3.70. The molecule has 0 aliphatic heterocycles. The van der Waals surface area contributed by atoms with Gasteiger partial charge in [0.15, 0.2) is 0 Å². The van der Waals surface area contributed by atoms with Crippen LogP contribution in [0.5, 0.6) is 0 Å². The number of carbonyl (C=O) groups excluding carboxylic acids is 1. The third kappa shape index (κ3) is 5.46. The maximum absolute atomic E-state index is 12.0. The van der Waals surface area contributed by atoms with E-state index in [4.69, 9.17) is 6.42 Å². The predicted molar refractivity (Wildman–Crippen MR) is 70.3 cm³/mol. The molecule has 0 radical (unpaired) electrons. The Labute approximate surface area is 103 Å². The van der Waals surface area contributed by atoms with Gasteiger partial charge in [-0.1, -0.05) is 26.7 Å². The highest BCUT2D eigenvalue weighted by Crippen LogP contribution is 2.30. The highest BCUT2D eigenvalue weighted by molar-refractivity contribution is 8.01. The van der Waals surface area contributed by atoms with E-state index in [1.807, 2.05) is 4.90 Å². The molecule has 1 saturated carbocycles. The molecule has 0 aromatic rings. The minimum absolute atomic E-state index is 0.136. The highest BCUT2D eigenvalue weighted by Gasteiger charge is 2.26. The fraction of sp³-hybridized carbons (Fsp3) is 0.769. The molecule has 0 aromatic heterocycles. The zero-order chi connectivity index (χ0) is 12.2. The second-order valence-electron chi connectivity index (χ2n) is 5.32. The summed E-state index contributed by atoms with van der Waals surface area (Å²) in [6, 6.07) is 0. The van der Waals surface area contributed by atoms with Crippen LogP contribution < -0.4 is 0 Å². The van der Waals surface area contributed by atoms with E-state index in [9.17, 15) is 4.79 Å². The van der Waals surface area contributed by atoms with Crippen molar-refractivity contribution in [3.63, 3.8) is 0 Å². The average molecular weight is 239 g/mol. The van der Waals surface area contributed by atoms with Crippen molar-refractivity contribution in [1.29, 1.82) is 0 Å². The number of terminal acetylenes is 1. The molecular weight excluding hydrogens is 218 g/mol. The number of thioether (sulfide) groups is 1. The van der Waals surface area contributed by atoms with Gasteiger partial charge in [-0.2, -0.15) is 0 Å². The molecule has 16 heavy (non-hydrogen) atoms. The quantitative estimate of drug-likeness (QED) is 0.687. The standard InChI is InChI=1S/C13H21NOS/c1-5-8-14(9-11-6-7-11)12(15)10-16-13(2,3)4/h1,11H,6-10H2,2-4H3. The molecule has 1 amide bonds. The molecule has 1 rings (SSSR count). The fourth-order valence-corrected chi connectivity index (χ4v) is 2.09. The summed E-state index contributed by atoms with van der Waals surface area (Å²) < 4.78 is 0.136. The van der Waals surface area contributed by atoms with Gasteiger partial charge in [-0.3, -0.25) is 4.79 Å². The lowest BCUT2D eigenvalue weighted by Crippen LogP contribution is -2.35. The first-order valence-corrected chi connectivity index (χ1v) is 6.76. The molecule has 1 aliphatic rings. The van der Waals surface area contributed by atoms with Crippen molar-refractivity contribution in [3.8, 4) is 12.3 Å². The van der Waals surface area contributed by atoms with Gasteiger partial charge in [0.05, 0.1) is 12.3 Å². The number of carbonyl (C=O) groups is 1. The van der Waals surface area contributed by atoms with Crippen LogP contribution in [0.4, 0.5) is 0 Å². The van der Waals surface area contributed by atoms with Crippen LogP contribution in [-0.4, -0.2) is 34.4 Å². The molecule has 90 valence electrons. The van der Waals surface area contributed by atoms with Gasteiger partial charge < -0.3 is 4.90 Å². The highest BCUT2D eigenvalue weighted by atomic mass is 32.2. The largest absolute Gasteiger partial charge is 0.331 e. The van der Waals surface area contributed by atoms with E-state index < -0.39 is 0 Å². The van der Waals surface area contributed by atoms with E-state index in [0.717, 1.165) is 6.54 Å². The number of nitrogens with zero attached hydrogens (tertiary/aromatic N) is 1. The van der Waals surface area contributed by atoms with E-state index in [2.05, 4.69) is 26.7 Å². The lowest BCUT2D eigenvalue weighted by molar-refractivity contribution is -0.128. The summed E-state index contributed by atoms with van der Waals surface area (Å²) in [5.41, 5.74) is 0. The summed E-state index contributed by atoms with van der Waals surface area (Å²) in [6.45, 7) is 7.68. The third-order valence-electron chi connectivity index (χ3n) is 2.44. The number of hydrogen-bond acceptors (Lipinski definition) is 2. The summed E-state index contributed by atoms with van der Waals surface area (Å²) in [4.78, 5) is 13.8. The van der Waals surface area contributed by atoms with E-state index in [0.29, 0.717) is 18.2 Å². The van der Waals surface area contributed by atoms with E-state index in [1.165, 1.54) is 12.8 Å². The first kappa shape index (κ1) is 13.4. The Morgan fingerprint density at radius 3 is 2.56 bits per heavy atom. The van der Waals surface area contributed by atoms with Gasteiger partial charge in [-0.15, -0.1) is 18.2 Å². The van der Waals surface area contributed by atoms with Crippen molar-refractivity contribution in [2.24, 2.45) is 5.92 Å². The van der Waals surface area contributed by atoms with Crippen LogP contribution in [0.15, 0.2) is 0 Å². The Morgan fingerprint density at radius 2 is 2.12 bits per heavy atom. The smallest absolute Gasteiger partial charge is 0.233 e. The Morgan fingerprint density at radius 1 is 1.50 bits per heavy atom. The summed E-state index contributed by atoms with van der Waals surface area (Å²) >= 11 is 1.68. The number of amides is 1. The zero-order valence-corrected chi connectivity index (χ0v) is 11.3. The predicted octanol–water partition coefficient (Wildman–Crippen LogP) is 2.39. The minimum Gasteiger partial charge on any atom is -0.331 e. The molecule has 3 heteroatoms. The summed E-state index contributed by atoms with van der Waals surface area (Å²) in [6.07, 6.45) is 7.80. The maximum atomic E-state index is 12.0. The topological polar surface area (TPSA) is 20.3 Å². The summed E-state index contributed by atoms with van der Waals surface area (Å²) in [5.74, 6) is 4.00. The molecular formula is C13H21NOS. The van der Waals surface area contributed by atoms with Crippen molar-refractivity contribution in [3.05, 3.63) is 0 Å². The Hall–Kier alpha value is -0.620. The molecule has 1 fully saturated rings. The first-order chi connectivity index (χ1) is 7.42. The van der Waals surface area contributed by atoms with Crippen LogP contribution in [0, 0.1) is 18.3 Å². The van der Waals surface area contributed by atoms with Crippen LogP contribution in [-0.2, 0) is 4.79 Å². The van der Waals surface area contributed by atoms with Crippen LogP contribution in [0.3, 0.4) is 0 Å². The molecule has 0 spiro atoms.